The number of aromatic nitrogens is 2. The highest BCUT2D eigenvalue weighted by Crippen LogP contribution is 2.24. The second kappa shape index (κ2) is 4.06. The van der Waals surface area contributed by atoms with Crippen molar-refractivity contribution in [3.05, 3.63) is 41.6 Å². The molecule has 84 valence electrons. The lowest BCUT2D eigenvalue weighted by molar-refractivity contribution is 0.628. The Bertz CT molecular complexity index is 517. The first-order valence-electron chi connectivity index (χ1n) is 5.11. The monoisotopic (exact) mass is 219 g/mol. The summed E-state index contributed by atoms with van der Waals surface area (Å²) < 4.78 is 15.1. The van der Waals surface area contributed by atoms with E-state index in [2.05, 4.69) is 4.98 Å². The van der Waals surface area contributed by atoms with E-state index in [1.807, 2.05) is 24.6 Å². The summed E-state index contributed by atoms with van der Waals surface area (Å²) >= 11 is 0. The van der Waals surface area contributed by atoms with Crippen LogP contribution >= 0.6 is 0 Å². The van der Waals surface area contributed by atoms with Gasteiger partial charge in [0.1, 0.15) is 11.6 Å². The van der Waals surface area contributed by atoms with E-state index in [-0.39, 0.29) is 5.82 Å². The number of hydrogen-bond donors (Lipinski definition) is 1. The maximum Gasteiger partial charge on any atom is 0.123 e. The van der Waals surface area contributed by atoms with Crippen molar-refractivity contribution in [2.45, 2.75) is 13.5 Å². The maximum atomic E-state index is 13.2. The third kappa shape index (κ3) is 1.72. The number of halogens is 1. The summed E-state index contributed by atoms with van der Waals surface area (Å²) in [5.74, 6) is 0.559. The van der Waals surface area contributed by atoms with Crippen molar-refractivity contribution < 1.29 is 4.39 Å². The molecular weight excluding hydrogens is 205 g/mol. The first kappa shape index (κ1) is 10.8. The lowest BCUT2D eigenvalue weighted by Gasteiger charge is -2.05. The molecule has 2 N–H and O–H groups in total. The van der Waals surface area contributed by atoms with E-state index in [0.717, 1.165) is 22.8 Å². The molecule has 0 atom stereocenters. The fourth-order valence-electron chi connectivity index (χ4n) is 1.91. The molecule has 1 heterocycles. The van der Waals surface area contributed by atoms with Crippen LogP contribution in [-0.4, -0.2) is 9.55 Å². The van der Waals surface area contributed by atoms with Crippen LogP contribution in [0.25, 0.3) is 11.3 Å². The van der Waals surface area contributed by atoms with Gasteiger partial charge in [0.15, 0.2) is 0 Å². The van der Waals surface area contributed by atoms with Crippen molar-refractivity contribution in [3.8, 4) is 11.3 Å². The number of nitrogens with two attached hydrogens (primary N) is 1. The van der Waals surface area contributed by atoms with Gasteiger partial charge in [0, 0.05) is 12.6 Å². The third-order valence-corrected chi connectivity index (χ3v) is 2.64. The third-order valence-electron chi connectivity index (χ3n) is 2.64. The second-order valence-electron chi connectivity index (χ2n) is 3.74. The summed E-state index contributed by atoms with van der Waals surface area (Å²) in [4.78, 5) is 4.35. The van der Waals surface area contributed by atoms with Gasteiger partial charge in [0.25, 0.3) is 0 Å². The van der Waals surface area contributed by atoms with Crippen LogP contribution in [0, 0.1) is 12.7 Å². The highest BCUT2D eigenvalue weighted by atomic mass is 19.1. The topological polar surface area (TPSA) is 43.8 Å². The number of aryl methyl sites for hydroxylation is 1. The average Bonchev–Trinajstić information content (AvgIpc) is 2.53. The Balaban J connectivity index is 2.60. The van der Waals surface area contributed by atoms with Gasteiger partial charge in [-0.15, -0.1) is 0 Å². The molecule has 1 aromatic heterocycles. The summed E-state index contributed by atoms with van der Waals surface area (Å²) in [6.45, 7) is 2.28. The van der Waals surface area contributed by atoms with Gasteiger partial charge in [-0.05, 0) is 19.1 Å². The van der Waals surface area contributed by atoms with Crippen LogP contribution in [0.4, 0.5) is 4.39 Å². The first-order chi connectivity index (χ1) is 7.63. The molecular formula is C12H14FN3. The SMILES string of the molecule is Cc1nc(CN)n(C)c1-c1cccc(F)c1. The smallest absolute Gasteiger partial charge is 0.123 e. The van der Waals surface area contributed by atoms with Gasteiger partial charge in [-0.2, -0.15) is 0 Å². The molecule has 0 saturated heterocycles. The van der Waals surface area contributed by atoms with Crippen molar-refractivity contribution in [2.24, 2.45) is 12.8 Å². The minimum atomic E-state index is -0.243. The van der Waals surface area contributed by atoms with Crippen molar-refractivity contribution in [3.63, 3.8) is 0 Å². The van der Waals surface area contributed by atoms with E-state index in [1.54, 1.807) is 6.07 Å². The molecule has 3 nitrogen and oxygen atoms in total. The zero-order valence-electron chi connectivity index (χ0n) is 9.37. The predicted molar refractivity (Wildman–Crippen MR) is 61.2 cm³/mol. The van der Waals surface area contributed by atoms with Crippen LogP contribution in [0.3, 0.4) is 0 Å². The lowest BCUT2D eigenvalue weighted by Crippen LogP contribution is -2.05. The highest BCUT2D eigenvalue weighted by Gasteiger charge is 2.12. The molecule has 2 rings (SSSR count). The van der Waals surface area contributed by atoms with Gasteiger partial charge in [0.2, 0.25) is 0 Å². The average molecular weight is 219 g/mol. The second-order valence-corrected chi connectivity index (χ2v) is 3.74. The van der Waals surface area contributed by atoms with Crippen LogP contribution in [0.2, 0.25) is 0 Å². The van der Waals surface area contributed by atoms with Crippen LogP contribution in [-0.2, 0) is 13.6 Å². The maximum absolute atomic E-state index is 13.2. The number of nitrogens with zero attached hydrogens (tertiary/aromatic N) is 2. The zero-order valence-corrected chi connectivity index (χ0v) is 9.37. The van der Waals surface area contributed by atoms with Gasteiger partial charge in [0.05, 0.1) is 17.9 Å². The Hall–Kier alpha value is -1.68. The van der Waals surface area contributed by atoms with Gasteiger partial charge < -0.3 is 10.3 Å². The normalized spacial score (nSPS) is 10.8. The first-order valence-corrected chi connectivity index (χ1v) is 5.11. The Morgan fingerprint density at radius 1 is 1.44 bits per heavy atom. The Morgan fingerprint density at radius 2 is 2.19 bits per heavy atom. The molecule has 1 aromatic carbocycles. The van der Waals surface area contributed by atoms with Crippen LogP contribution in [0.5, 0.6) is 0 Å². The summed E-state index contributed by atoms with van der Waals surface area (Å²) in [7, 11) is 1.89. The van der Waals surface area contributed by atoms with Gasteiger partial charge in [-0.25, -0.2) is 9.37 Å². The number of hydrogen-bond acceptors (Lipinski definition) is 2. The van der Waals surface area contributed by atoms with Gasteiger partial charge in [-0.3, -0.25) is 0 Å². The van der Waals surface area contributed by atoms with E-state index < -0.39 is 0 Å². The van der Waals surface area contributed by atoms with E-state index in [9.17, 15) is 4.39 Å². The lowest BCUT2D eigenvalue weighted by atomic mass is 10.1. The molecule has 16 heavy (non-hydrogen) atoms. The predicted octanol–water partition coefficient (Wildman–Crippen LogP) is 1.99. The molecule has 0 amide bonds. The Kier molecular flexibility index (Phi) is 2.75. The Labute approximate surface area is 93.7 Å². The molecule has 0 bridgehead atoms. The van der Waals surface area contributed by atoms with Crippen molar-refractivity contribution in [2.75, 3.05) is 0 Å². The number of benzene rings is 1. The summed E-state index contributed by atoms with van der Waals surface area (Å²) in [6, 6.07) is 6.50. The molecule has 0 fully saturated rings. The Morgan fingerprint density at radius 3 is 2.75 bits per heavy atom. The van der Waals surface area contributed by atoms with Crippen LogP contribution < -0.4 is 5.73 Å². The quantitative estimate of drug-likeness (QED) is 0.839. The minimum Gasteiger partial charge on any atom is -0.330 e. The highest BCUT2D eigenvalue weighted by molar-refractivity contribution is 5.62. The zero-order chi connectivity index (χ0) is 11.7. The standard InChI is InChI=1S/C12H14FN3/c1-8-12(16(2)11(7-14)15-8)9-4-3-5-10(13)6-9/h3-6H,7,14H2,1-2H3. The van der Waals surface area contributed by atoms with Crippen LogP contribution in [0.1, 0.15) is 11.5 Å². The molecule has 0 unspecified atom stereocenters. The summed E-state index contributed by atoms with van der Waals surface area (Å²) in [5.41, 5.74) is 8.20. The molecule has 2 aromatic rings. The molecule has 0 saturated carbocycles. The molecule has 0 radical (unpaired) electrons. The van der Waals surface area contributed by atoms with E-state index in [1.165, 1.54) is 12.1 Å². The van der Waals surface area contributed by atoms with E-state index in [0.29, 0.717) is 6.54 Å². The molecule has 4 heteroatoms. The minimum absolute atomic E-state index is 0.243. The van der Waals surface area contributed by atoms with Gasteiger partial charge >= 0.3 is 0 Å². The molecule has 0 aliphatic heterocycles. The van der Waals surface area contributed by atoms with Gasteiger partial charge in [-0.1, -0.05) is 12.1 Å². The fourth-order valence-corrected chi connectivity index (χ4v) is 1.91. The van der Waals surface area contributed by atoms with Crippen molar-refractivity contribution in [1.29, 1.82) is 0 Å². The van der Waals surface area contributed by atoms with E-state index >= 15 is 0 Å². The summed E-state index contributed by atoms with van der Waals surface area (Å²) in [6.07, 6.45) is 0. The number of imidazole rings is 1. The van der Waals surface area contributed by atoms with E-state index in [4.69, 9.17) is 5.73 Å². The fraction of sp³-hybridized carbons (Fsp3) is 0.250. The molecule has 0 aliphatic rings. The van der Waals surface area contributed by atoms with Crippen molar-refractivity contribution >= 4 is 0 Å². The molecule has 0 aliphatic carbocycles. The number of rotatable bonds is 2. The molecule has 0 spiro atoms. The van der Waals surface area contributed by atoms with Crippen LogP contribution in [0.15, 0.2) is 24.3 Å². The largest absolute Gasteiger partial charge is 0.330 e. The summed E-state index contributed by atoms with van der Waals surface area (Å²) in [5, 5.41) is 0. The van der Waals surface area contributed by atoms with Crippen molar-refractivity contribution in [1.82, 2.24) is 9.55 Å².